The van der Waals surface area contributed by atoms with Crippen molar-refractivity contribution >= 4 is 5.69 Å². The van der Waals surface area contributed by atoms with Crippen LogP contribution < -0.4 is 4.74 Å². The van der Waals surface area contributed by atoms with Crippen LogP contribution in [0.1, 0.15) is 24.3 Å². The molecule has 0 amide bonds. The second-order valence-electron chi connectivity index (χ2n) is 5.97. The van der Waals surface area contributed by atoms with Gasteiger partial charge in [0.1, 0.15) is 11.5 Å². The molecule has 3 rings (SSSR count). The average molecular weight is 312 g/mol. The van der Waals surface area contributed by atoms with Gasteiger partial charge in [-0.25, -0.2) is 0 Å². The number of ether oxygens (including phenoxy) is 1. The van der Waals surface area contributed by atoms with Crippen LogP contribution in [0.25, 0.3) is 0 Å². The molecule has 0 aliphatic carbocycles. The number of piperidine rings is 1. The number of benzene rings is 2. The smallest absolute Gasteiger partial charge is 0.269 e. The Hall–Kier alpha value is -2.40. The fraction of sp³-hybridized carbons (Fsp3) is 0.333. The van der Waals surface area contributed by atoms with Crippen LogP contribution in [0.5, 0.6) is 11.5 Å². The Bertz CT molecular complexity index is 677. The van der Waals surface area contributed by atoms with Gasteiger partial charge in [0, 0.05) is 12.1 Å². The molecule has 0 N–H and O–H groups in total. The topological polar surface area (TPSA) is 55.6 Å². The van der Waals surface area contributed by atoms with Crippen molar-refractivity contribution < 1.29 is 9.66 Å². The third-order valence-electron chi connectivity index (χ3n) is 4.35. The van der Waals surface area contributed by atoms with Crippen LogP contribution in [0, 0.1) is 10.1 Å². The van der Waals surface area contributed by atoms with Crippen molar-refractivity contribution in [2.75, 3.05) is 20.1 Å². The molecule has 1 aliphatic heterocycles. The zero-order valence-corrected chi connectivity index (χ0v) is 13.1. The van der Waals surface area contributed by atoms with Crippen molar-refractivity contribution in [2.24, 2.45) is 0 Å². The molecule has 120 valence electrons. The average Bonchev–Trinajstić information content (AvgIpc) is 2.57. The normalized spacial score (nSPS) is 16.2. The Morgan fingerprint density at radius 1 is 1.09 bits per heavy atom. The van der Waals surface area contributed by atoms with Gasteiger partial charge in [-0.2, -0.15) is 0 Å². The van der Waals surface area contributed by atoms with E-state index in [9.17, 15) is 10.1 Å². The van der Waals surface area contributed by atoms with Crippen LogP contribution in [0.15, 0.2) is 48.5 Å². The van der Waals surface area contributed by atoms with Crippen LogP contribution >= 0.6 is 0 Å². The van der Waals surface area contributed by atoms with E-state index in [0.717, 1.165) is 31.7 Å². The molecule has 0 aromatic heterocycles. The summed E-state index contributed by atoms with van der Waals surface area (Å²) in [7, 11) is 2.15. The highest BCUT2D eigenvalue weighted by Crippen LogP contribution is 2.36. The largest absolute Gasteiger partial charge is 0.457 e. The predicted octanol–water partition coefficient (Wildman–Crippen LogP) is 4.20. The van der Waals surface area contributed by atoms with Gasteiger partial charge in [0.05, 0.1) is 4.92 Å². The minimum absolute atomic E-state index is 0.0703. The third kappa shape index (κ3) is 3.68. The Morgan fingerprint density at radius 3 is 2.39 bits per heavy atom. The van der Waals surface area contributed by atoms with Gasteiger partial charge in [-0.3, -0.25) is 10.1 Å². The van der Waals surface area contributed by atoms with E-state index >= 15 is 0 Å². The lowest BCUT2D eigenvalue weighted by Gasteiger charge is -2.30. The quantitative estimate of drug-likeness (QED) is 0.627. The van der Waals surface area contributed by atoms with Crippen molar-refractivity contribution in [1.29, 1.82) is 0 Å². The summed E-state index contributed by atoms with van der Waals surface area (Å²) in [6.45, 7) is 2.19. The lowest BCUT2D eigenvalue weighted by molar-refractivity contribution is -0.384. The third-order valence-corrected chi connectivity index (χ3v) is 4.35. The molecule has 2 aromatic rings. The minimum atomic E-state index is -0.406. The molecule has 0 spiro atoms. The van der Waals surface area contributed by atoms with Crippen LogP contribution in [0.2, 0.25) is 0 Å². The van der Waals surface area contributed by atoms with Gasteiger partial charge in [0.25, 0.3) is 5.69 Å². The SMILES string of the molecule is CN1CCC(c2ccccc2Oc2ccc([N+](=O)[O-])cc2)CC1. The maximum absolute atomic E-state index is 10.7. The first-order valence-electron chi connectivity index (χ1n) is 7.83. The van der Waals surface area contributed by atoms with Crippen LogP contribution in [-0.2, 0) is 0 Å². The first kappa shape index (κ1) is 15.5. The lowest BCUT2D eigenvalue weighted by Crippen LogP contribution is -2.29. The number of nitro benzene ring substituents is 1. The summed E-state index contributed by atoms with van der Waals surface area (Å²) in [4.78, 5) is 12.7. The highest BCUT2D eigenvalue weighted by atomic mass is 16.6. The molecule has 0 atom stereocenters. The highest BCUT2D eigenvalue weighted by Gasteiger charge is 2.21. The number of nitrogens with zero attached hydrogens (tertiary/aromatic N) is 2. The van der Waals surface area contributed by atoms with Crippen molar-refractivity contribution in [3.05, 3.63) is 64.2 Å². The monoisotopic (exact) mass is 312 g/mol. The lowest BCUT2D eigenvalue weighted by atomic mass is 9.89. The molecule has 0 unspecified atom stereocenters. The molecule has 5 nitrogen and oxygen atoms in total. The summed E-state index contributed by atoms with van der Waals surface area (Å²) in [6.07, 6.45) is 2.24. The van der Waals surface area contributed by atoms with E-state index in [1.54, 1.807) is 12.1 Å². The van der Waals surface area contributed by atoms with E-state index in [0.29, 0.717) is 11.7 Å². The molecule has 0 saturated carbocycles. The number of nitro groups is 1. The molecule has 5 heteroatoms. The molecule has 1 fully saturated rings. The summed E-state index contributed by atoms with van der Waals surface area (Å²) in [6, 6.07) is 14.3. The molecule has 2 aromatic carbocycles. The summed E-state index contributed by atoms with van der Waals surface area (Å²) < 4.78 is 5.99. The number of para-hydroxylation sites is 1. The number of hydrogen-bond acceptors (Lipinski definition) is 4. The summed E-state index contributed by atoms with van der Waals surface area (Å²) >= 11 is 0. The number of non-ortho nitro benzene ring substituents is 1. The number of rotatable bonds is 4. The van der Waals surface area contributed by atoms with Crippen LogP contribution in [0.4, 0.5) is 5.69 Å². The molecule has 23 heavy (non-hydrogen) atoms. The first-order valence-corrected chi connectivity index (χ1v) is 7.83. The molecule has 1 aliphatic rings. The molecule has 1 saturated heterocycles. The van der Waals surface area contributed by atoms with Gasteiger partial charge in [-0.1, -0.05) is 18.2 Å². The van der Waals surface area contributed by atoms with E-state index in [1.807, 2.05) is 18.2 Å². The number of likely N-dealkylation sites (tertiary alicyclic amines) is 1. The maximum atomic E-state index is 10.7. The van der Waals surface area contributed by atoms with Crippen molar-refractivity contribution in [2.45, 2.75) is 18.8 Å². The van der Waals surface area contributed by atoms with E-state index in [-0.39, 0.29) is 5.69 Å². The first-order chi connectivity index (χ1) is 11.1. The van der Waals surface area contributed by atoms with Crippen LogP contribution in [0.3, 0.4) is 0 Å². The van der Waals surface area contributed by atoms with E-state index in [1.165, 1.54) is 17.7 Å². The highest BCUT2D eigenvalue weighted by molar-refractivity contribution is 5.42. The maximum Gasteiger partial charge on any atom is 0.269 e. The fourth-order valence-corrected chi connectivity index (χ4v) is 2.99. The van der Waals surface area contributed by atoms with Crippen molar-refractivity contribution in [3.8, 4) is 11.5 Å². The van der Waals surface area contributed by atoms with E-state index in [4.69, 9.17) is 4.74 Å². The molecule has 0 bridgehead atoms. The Kier molecular flexibility index (Phi) is 4.57. The minimum Gasteiger partial charge on any atom is -0.457 e. The van der Waals surface area contributed by atoms with Gasteiger partial charge >= 0.3 is 0 Å². The molecule has 0 radical (unpaired) electrons. The summed E-state index contributed by atoms with van der Waals surface area (Å²) in [5, 5.41) is 10.7. The summed E-state index contributed by atoms with van der Waals surface area (Å²) in [5.41, 5.74) is 1.29. The Balaban J connectivity index is 1.79. The molecular formula is C18H20N2O3. The van der Waals surface area contributed by atoms with Gasteiger partial charge in [-0.05, 0) is 62.7 Å². The fourth-order valence-electron chi connectivity index (χ4n) is 2.99. The number of hydrogen-bond donors (Lipinski definition) is 0. The molecular weight excluding hydrogens is 292 g/mol. The van der Waals surface area contributed by atoms with Crippen molar-refractivity contribution in [1.82, 2.24) is 4.90 Å². The van der Waals surface area contributed by atoms with E-state index < -0.39 is 4.92 Å². The van der Waals surface area contributed by atoms with Gasteiger partial charge < -0.3 is 9.64 Å². The Labute approximate surface area is 135 Å². The standard InChI is InChI=1S/C18H20N2O3/c1-19-12-10-14(11-13-19)17-4-2-3-5-18(17)23-16-8-6-15(7-9-16)20(21)22/h2-9,14H,10-13H2,1H3. The molecule has 1 heterocycles. The zero-order valence-electron chi connectivity index (χ0n) is 13.1. The van der Waals surface area contributed by atoms with Gasteiger partial charge in [-0.15, -0.1) is 0 Å². The van der Waals surface area contributed by atoms with Gasteiger partial charge in [0.2, 0.25) is 0 Å². The predicted molar refractivity (Wildman–Crippen MR) is 89.1 cm³/mol. The van der Waals surface area contributed by atoms with Crippen molar-refractivity contribution in [3.63, 3.8) is 0 Å². The summed E-state index contributed by atoms with van der Waals surface area (Å²) in [5.74, 6) is 1.97. The second-order valence-corrected chi connectivity index (χ2v) is 5.97. The van der Waals surface area contributed by atoms with Crippen LogP contribution in [-0.4, -0.2) is 30.0 Å². The zero-order chi connectivity index (χ0) is 16.2. The van der Waals surface area contributed by atoms with Gasteiger partial charge in [0.15, 0.2) is 0 Å². The Morgan fingerprint density at radius 2 is 1.74 bits per heavy atom. The van der Waals surface area contributed by atoms with E-state index in [2.05, 4.69) is 18.0 Å². The second kappa shape index (κ2) is 6.79.